The minimum absolute atomic E-state index is 0.199. The first-order valence-electron chi connectivity index (χ1n) is 15.6. The fraction of sp³-hybridized carbons (Fsp3) is 0.333. The third-order valence-electron chi connectivity index (χ3n) is 8.52. The normalized spacial score (nSPS) is 18.6. The molecule has 2 aromatic heterocycles. The van der Waals surface area contributed by atoms with Crippen LogP contribution in [0.25, 0.3) is 0 Å². The van der Waals surface area contributed by atoms with E-state index in [0.29, 0.717) is 11.5 Å². The van der Waals surface area contributed by atoms with Gasteiger partial charge in [-0.2, -0.15) is 0 Å². The van der Waals surface area contributed by atoms with Crippen LogP contribution >= 0.6 is 17.2 Å². The van der Waals surface area contributed by atoms with E-state index in [1.165, 1.54) is 0 Å². The van der Waals surface area contributed by atoms with E-state index in [2.05, 4.69) is 77.5 Å². The Morgan fingerprint density at radius 2 is 1.04 bits per heavy atom. The van der Waals surface area contributed by atoms with Gasteiger partial charge in [0.25, 0.3) is 0 Å². The van der Waals surface area contributed by atoms with Crippen molar-refractivity contribution in [3.63, 3.8) is 0 Å². The summed E-state index contributed by atoms with van der Waals surface area (Å²) in [7, 11) is -4.08. The standard InChI is InChI=1S/C36H38N2O8P2/c1-9-36(8,22-14-16-28(26(20-22)34(2,3)4)41-47-43-30-24(32(39)45-47)12-10-18-37-30)23-15-17-29(27(21-23)35(5,6)7)42-48-44-31-25(33(40)46-48)13-11-19-38-31/h10-21H,9H2,1-8H3. The summed E-state index contributed by atoms with van der Waals surface area (Å²) in [6, 6.07) is 18.8. The first kappa shape index (κ1) is 33.6. The lowest BCUT2D eigenvalue weighted by Crippen LogP contribution is -2.25. The first-order valence-corrected chi connectivity index (χ1v) is 17.8. The molecule has 0 fully saturated rings. The molecule has 0 saturated heterocycles. The van der Waals surface area contributed by atoms with E-state index >= 15 is 0 Å². The third-order valence-corrected chi connectivity index (χ3v) is 10.5. The molecule has 0 amide bonds. The van der Waals surface area contributed by atoms with E-state index in [4.69, 9.17) is 27.1 Å². The molecule has 48 heavy (non-hydrogen) atoms. The second-order valence-electron chi connectivity index (χ2n) is 13.9. The van der Waals surface area contributed by atoms with Crippen molar-refractivity contribution in [1.82, 2.24) is 9.97 Å². The lowest BCUT2D eigenvalue weighted by molar-refractivity contribution is 0.0682. The van der Waals surface area contributed by atoms with Crippen molar-refractivity contribution < 1.29 is 36.7 Å². The SMILES string of the molecule is CCC(C)(c1ccc(OP2OC(=O)c3cccnc3O2)c(C(C)(C)C)c1)c1ccc(OP2OC(=O)c3cccnc3O2)c(C(C)(C)C)c1. The molecule has 0 spiro atoms. The van der Waals surface area contributed by atoms with Gasteiger partial charge in [0.05, 0.1) is 0 Å². The number of rotatable bonds is 7. The third kappa shape index (κ3) is 6.56. The van der Waals surface area contributed by atoms with E-state index in [1.54, 1.807) is 36.7 Å². The zero-order valence-electron chi connectivity index (χ0n) is 28.2. The number of hydrogen-bond acceptors (Lipinski definition) is 10. The van der Waals surface area contributed by atoms with Gasteiger partial charge in [-0.25, -0.2) is 19.6 Å². The monoisotopic (exact) mass is 688 g/mol. The molecule has 6 rings (SSSR count). The van der Waals surface area contributed by atoms with Crippen molar-refractivity contribution in [3.8, 4) is 23.3 Å². The van der Waals surface area contributed by atoms with Crippen molar-refractivity contribution in [2.75, 3.05) is 0 Å². The fourth-order valence-corrected chi connectivity index (χ4v) is 7.44. The van der Waals surface area contributed by atoms with Gasteiger partial charge in [-0.3, -0.25) is 0 Å². The highest BCUT2D eigenvalue weighted by Gasteiger charge is 2.38. The number of aromatic nitrogens is 2. The van der Waals surface area contributed by atoms with Gasteiger partial charge < -0.3 is 27.1 Å². The van der Waals surface area contributed by atoms with E-state index in [-0.39, 0.29) is 33.7 Å². The maximum absolute atomic E-state index is 12.6. The Morgan fingerprint density at radius 1 is 0.625 bits per heavy atom. The summed E-state index contributed by atoms with van der Waals surface area (Å²) < 4.78 is 35.1. The lowest BCUT2D eigenvalue weighted by atomic mass is 9.71. The van der Waals surface area contributed by atoms with Gasteiger partial charge in [0.2, 0.25) is 11.8 Å². The van der Waals surface area contributed by atoms with Crippen molar-refractivity contribution in [1.29, 1.82) is 0 Å². The molecular weight excluding hydrogens is 650 g/mol. The van der Waals surface area contributed by atoms with Crippen molar-refractivity contribution in [2.45, 2.75) is 78.1 Å². The Kier molecular flexibility index (Phi) is 8.86. The highest BCUT2D eigenvalue weighted by molar-refractivity contribution is 7.43. The minimum atomic E-state index is -2.04. The molecule has 0 radical (unpaired) electrons. The van der Waals surface area contributed by atoms with Gasteiger partial charge in [-0.15, -0.1) is 0 Å². The van der Waals surface area contributed by atoms with Crippen LogP contribution in [0.4, 0.5) is 0 Å². The number of benzene rings is 2. The van der Waals surface area contributed by atoms with Crippen LogP contribution in [0, 0.1) is 0 Å². The van der Waals surface area contributed by atoms with Crippen molar-refractivity contribution >= 4 is 29.1 Å². The summed E-state index contributed by atoms with van der Waals surface area (Å²) in [6.45, 7) is 17.0. The minimum Gasteiger partial charge on any atom is -0.408 e. The predicted molar refractivity (Wildman–Crippen MR) is 183 cm³/mol. The Morgan fingerprint density at radius 3 is 1.42 bits per heavy atom. The maximum Gasteiger partial charge on any atom is 0.534 e. The molecule has 2 unspecified atom stereocenters. The van der Waals surface area contributed by atoms with Crippen LogP contribution in [0.2, 0.25) is 0 Å². The summed E-state index contributed by atoms with van der Waals surface area (Å²) in [5, 5.41) is 0. The fourth-order valence-electron chi connectivity index (χ4n) is 5.54. The van der Waals surface area contributed by atoms with Gasteiger partial charge in [0.15, 0.2) is 0 Å². The summed E-state index contributed by atoms with van der Waals surface area (Å²) >= 11 is 0. The molecule has 2 aromatic carbocycles. The average Bonchev–Trinajstić information content (AvgIpc) is 3.04. The van der Waals surface area contributed by atoms with E-state index in [1.807, 2.05) is 24.3 Å². The molecule has 12 heteroatoms. The lowest BCUT2D eigenvalue weighted by Gasteiger charge is -2.34. The van der Waals surface area contributed by atoms with Crippen molar-refractivity contribution in [3.05, 3.63) is 106 Å². The largest absolute Gasteiger partial charge is 0.534 e. The molecule has 0 aliphatic carbocycles. The molecule has 2 aliphatic rings. The number of carbonyl (C=O) groups is 2. The molecular formula is C36H38N2O8P2. The van der Waals surface area contributed by atoms with Crippen molar-refractivity contribution in [2.24, 2.45) is 0 Å². The Hall–Kier alpha value is -4.26. The Bertz CT molecular complexity index is 1750. The average molecular weight is 689 g/mol. The van der Waals surface area contributed by atoms with E-state index < -0.39 is 34.6 Å². The zero-order valence-corrected chi connectivity index (χ0v) is 30.0. The molecule has 10 nitrogen and oxygen atoms in total. The van der Waals surface area contributed by atoms with Crippen LogP contribution in [-0.2, 0) is 25.3 Å². The smallest absolute Gasteiger partial charge is 0.408 e. The highest BCUT2D eigenvalue weighted by atomic mass is 31.2. The van der Waals surface area contributed by atoms with Crippen LogP contribution in [0.3, 0.4) is 0 Å². The second-order valence-corrected chi connectivity index (χ2v) is 15.9. The Balaban J connectivity index is 1.32. The van der Waals surface area contributed by atoms with Gasteiger partial charge in [-0.05, 0) is 64.8 Å². The molecule has 2 aliphatic heterocycles. The number of nitrogens with zero attached hydrogens (tertiary/aromatic N) is 2. The molecule has 2 atom stereocenters. The second kappa shape index (κ2) is 12.6. The molecule has 0 N–H and O–H groups in total. The summed E-state index contributed by atoms with van der Waals surface area (Å²) in [5.41, 5.74) is 3.58. The van der Waals surface area contributed by atoms with Crippen LogP contribution in [0.15, 0.2) is 73.1 Å². The molecule has 250 valence electrons. The number of carbonyl (C=O) groups excluding carboxylic acids is 2. The molecule has 0 saturated carbocycles. The summed E-state index contributed by atoms with van der Waals surface area (Å²) in [6.07, 6.45) is 3.92. The van der Waals surface area contributed by atoms with Crippen LogP contribution in [-0.4, -0.2) is 21.9 Å². The first-order chi connectivity index (χ1) is 22.7. The molecule has 0 bridgehead atoms. The number of pyridine rings is 2. The molecule has 4 aromatic rings. The van der Waals surface area contributed by atoms with Gasteiger partial charge in [-0.1, -0.05) is 79.7 Å². The van der Waals surface area contributed by atoms with Crippen LogP contribution in [0.5, 0.6) is 23.3 Å². The quantitative estimate of drug-likeness (QED) is 0.174. The van der Waals surface area contributed by atoms with Gasteiger partial charge in [0.1, 0.15) is 22.6 Å². The predicted octanol–water partition coefficient (Wildman–Crippen LogP) is 9.50. The van der Waals surface area contributed by atoms with Crippen LogP contribution < -0.4 is 18.1 Å². The number of fused-ring (bicyclic) bond motifs is 2. The topological polar surface area (TPSA) is 115 Å². The summed E-state index contributed by atoms with van der Waals surface area (Å²) in [4.78, 5) is 33.5. The highest BCUT2D eigenvalue weighted by Crippen LogP contribution is 2.51. The molecule has 4 heterocycles. The Labute approximate surface area is 283 Å². The van der Waals surface area contributed by atoms with E-state index in [9.17, 15) is 9.59 Å². The van der Waals surface area contributed by atoms with Crippen LogP contribution in [0.1, 0.15) is 105 Å². The van der Waals surface area contributed by atoms with Gasteiger partial charge >= 0.3 is 29.1 Å². The summed E-state index contributed by atoms with van der Waals surface area (Å²) in [5.74, 6) is 0.489. The zero-order chi connectivity index (χ0) is 34.4. The van der Waals surface area contributed by atoms with E-state index in [0.717, 1.165) is 28.7 Å². The van der Waals surface area contributed by atoms with Gasteiger partial charge in [0, 0.05) is 28.9 Å². The maximum atomic E-state index is 12.6. The number of hydrogen-bond donors (Lipinski definition) is 0.